The zero-order valence-corrected chi connectivity index (χ0v) is 16.0. The van der Waals surface area contributed by atoms with E-state index in [4.69, 9.17) is 0 Å². The zero-order valence-electron chi connectivity index (χ0n) is 7.62. The van der Waals surface area contributed by atoms with Crippen LogP contribution in [0.1, 0.15) is 32.6 Å². The standard InChI is InChI=1S/C9H13.3BrH.Hf/c1-2-3-6-9-7-4-5-8-9;;;;/h4,7H,2-3,5-6H2,1H3;3*1H;/q-1;;;;+4/p-3. The molecular weight excluding hydrogens is 526 g/mol. The first-order valence-corrected chi connectivity index (χ1v) is 3.69. The van der Waals surface area contributed by atoms with Gasteiger partial charge in [0, 0.05) is 0 Å². The topological polar surface area (TPSA) is 0 Å². The van der Waals surface area contributed by atoms with Gasteiger partial charge in [-0.3, -0.25) is 6.08 Å². The predicted molar refractivity (Wildman–Crippen MR) is 40.0 cm³/mol. The summed E-state index contributed by atoms with van der Waals surface area (Å²) in [6.07, 6.45) is 12.5. The third-order valence-corrected chi connectivity index (χ3v) is 1.57. The van der Waals surface area contributed by atoms with E-state index in [9.17, 15) is 0 Å². The normalized spacial score (nSPS) is 11.3. The molecular formula is C9H13Br3Hf. The van der Waals surface area contributed by atoms with Crippen LogP contribution < -0.4 is 50.9 Å². The molecule has 0 atom stereocenters. The molecule has 0 radical (unpaired) electrons. The Hall–Kier alpha value is 1.79. The molecule has 0 spiro atoms. The first-order valence-electron chi connectivity index (χ1n) is 3.69. The summed E-state index contributed by atoms with van der Waals surface area (Å²) >= 11 is 0. The summed E-state index contributed by atoms with van der Waals surface area (Å²) in [5.74, 6) is 0. The van der Waals surface area contributed by atoms with E-state index < -0.39 is 0 Å². The van der Waals surface area contributed by atoms with Crippen molar-refractivity contribution in [2.75, 3.05) is 0 Å². The Labute approximate surface area is 132 Å². The predicted octanol–water partition coefficient (Wildman–Crippen LogP) is -6.12. The zero-order chi connectivity index (χ0) is 6.53. The molecule has 0 unspecified atom stereocenters. The van der Waals surface area contributed by atoms with Crippen molar-refractivity contribution in [1.82, 2.24) is 0 Å². The van der Waals surface area contributed by atoms with Crippen LogP contribution in [0.15, 0.2) is 17.7 Å². The SMILES string of the molecule is CCCCC1=[C-]CC=C1.[Br-].[Br-].[Br-].[Hf+4]. The van der Waals surface area contributed by atoms with Gasteiger partial charge >= 0.3 is 25.8 Å². The maximum Gasteiger partial charge on any atom is 4.00 e. The second-order valence-electron chi connectivity index (χ2n) is 2.41. The number of allylic oxidation sites excluding steroid dienone is 4. The number of unbranched alkanes of at least 4 members (excludes halogenated alkanes) is 1. The summed E-state index contributed by atoms with van der Waals surface area (Å²) in [6, 6.07) is 0. The van der Waals surface area contributed by atoms with E-state index in [1.807, 2.05) is 0 Å². The van der Waals surface area contributed by atoms with Gasteiger partial charge in [-0.05, 0) is 0 Å². The van der Waals surface area contributed by atoms with E-state index >= 15 is 0 Å². The second kappa shape index (κ2) is 16.2. The smallest absolute Gasteiger partial charge is 1.00 e. The molecule has 0 aliphatic heterocycles. The molecule has 1 aliphatic rings. The molecule has 0 amide bonds. The van der Waals surface area contributed by atoms with Crippen molar-refractivity contribution in [3.05, 3.63) is 23.8 Å². The summed E-state index contributed by atoms with van der Waals surface area (Å²) in [5, 5.41) is 0. The van der Waals surface area contributed by atoms with Crippen molar-refractivity contribution in [3.63, 3.8) is 0 Å². The van der Waals surface area contributed by atoms with Crippen LogP contribution in [-0.2, 0) is 25.8 Å². The van der Waals surface area contributed by atoms with E-state index in [2.05, 4.69) is 25.2 Å². The summed E-state index contributed by atoms with van der Waals surface area (Å²) in [5.41, 5.74) is 1.41. The van der Waals surface area contributed by atoms with Gasteiger partial charge in [-0.15, -0.1) is 6.42 Å². The van der Waals surface area contributed by atoms with Crippen LogP contribution in [0, 0.1) is 6.08 Å². The molecule has 0 saturated carbocycles. The molecule has 1 aliphatic carbocycles. The molecule has 0 aromatic heterocycles. The molecule has 13 heavy (non-hydrogen) atoms. The van der Waals surface area contributed by atoms with Crippen molar-refractivity contribution in [3.8, 4) is 0 Å². The van der Waals surface area contributed by atoms with Crippen LogP contribution in [0.3, 0.4) is 0 Å². The molecule has 0 heterocycles. The van der Waals surface area contributed by atoms with Gasteiger partial charge in [0.25, 0.3) is 0 Å². The molecule has 0 N–H and O–H groups in total. The molecule has 0 saturated heterocycles. The van der Waals surface area contributed by atoms with Crippen molar-refractivity contribution < 1.29 is 76.8 Å². The van der Waals surface area contributed by atoms with E-state index in [1.165, 1.54) is 24.8 Å². The third kappa shape index (κ3) is 11.7. The first kappa shape index (κ1) is 24.2. The van der Waals surface area contributed by atoms with E-state index in [-0.39, 0.29) is 76.8 Å². The molecule has 0 bridgehead atoms. The largest absolute Gasteiger partial charge is 4.00 e. The fourth-order valence-corrected chi connectivity index (χ4v) is 0.989. The van der Waals surface area contributed by atoms with Crippen LogP contribution in [0.25, 0.3) is 0 Å². The molecule has 1 rings (SSSR count). The minimum absolute atomic E-state index is 0. The molecule has 0 fully saturated rings. The summed E-state index contributed by atoms with van der Waals surface area (Å²) in [7, 11) is 0. The van der Waals surface area contributed by atoms with Crippen LogP contribution in [0.2, 0.25) is 0 Å². The molecule has 0 aromatic rings. The van der Waals surface area contributed by atoms with Crippen LogP contribution in [0.5, 0.6) is 0 Å². The fourth-order valence-electron chi connectivity index (χ4n) is 0.989. The van der Waals surface area contributed by atoms with Crippen molar-refractivity contribution >= 4 is 0 Å². The Morgan fingerprint density at radius 2 is 1.92 bits per heavy atom. The average molecular weight is 539 g/mol. The Morgan fingerprint density at radius 3 is 2.31 bits per heavy atom. The first-order chi connectivity index (χ1) is 4.43. The molecule has 74 valence electrons. The Morgan fingerprint density at radius 1 is 1.31 bits per heavy atom. The van der Waals surface area contributed by atoms with Gasteiger partial charge in [0.1, 0.15) is 0 Å². The van der Waals surface area contributed by atoms with Crippen molar-refractivity contribution in [1.29, 1.82) is 0 Å². The monoisotopic (exact) mass is 538 g/mol. The number of hydrogen-bond acceptors (Lipinski definition) is 0. The maximum absolute atomic E-state index is 3.30. The van der Waals surface area contributed by atoms with E-state index in [1.54, 1.807) is 0 Å². The van der Waals surface area contributed by atoms with E-state index in [0.29, 0.717) is 0 Å². The van der Waals surface area contributed by atoms with Crippen LogP contribution in [-0.4, -0.2) is 0 Å². The molecule has 0 aromatic carbocycles. The van der Waals surface area contributed by atoms with Gasteiger partial charge < -0.3 is 50.9 Å². The average Bonchev–Trinajstić information content (AvgIpc) is 2.34. The van der Waals surface area contributed by atoms with Gasteiger partial charge in [-0.2, -0.15) is 6.08 Å². The summed E-state index contributed by atoms with van der Waals surface area (Å²) < 4.78 is 0. The van der Waals surface area contributed by atoms with Gasteiger partial charge in [0.05, 0.1) is 0 Å². The molecule has 4 heteroatoms. The number of rotatable bonds is 3. The van der Waals surface area contributed by atoms with Crippen LogP contribution in [0.4, 0.5) is 0 Å². The summed E-state index contributed by atoms with van der Waals surface area (Å²) in [4.78, 5) is 0. The van der Waals surface area contributed by atoms with Crippen LogP contribution >= 0.6 is 0 Å². The van der Waals surface area contributed by atoms with E-state index in [0.717, 1.165) is 6.42 Å². The van der Waals surface area contributed by atoms with Crippen molar-refractivity contribution in [2.45, 2.75) is 32.6 Å². The maximum atomic E-state index is 3.30. The number of hydrogen-bond donors (Lipinski definition) is 0. The third-order valence-electron chi connectivity index (χ3n) is 1.57. The Kier molecular flexibility index (Phi) is 30.2. The van der Waals surface area contributed by atoms with Gasteiger partial charge in [0.2, 0.25) is 0 Å². The Bertz CT molecular complexity index is 144. The minimum atomic E-state index is 0. The van der Waals surface area contributed by atoms with Gasteiger partial charge in [-0.25, -0.2) is 11.6 Å². The second-order valence-corrected chi connectivity index (χ2v) is 2.41. The number of halogens is 3. The van der Waals surface area contributed by atoms with Gasteiger partial charge in [-0.1, -0.05) is 26.2 Å². The van der Waals surface area contributed by atoms with Crippen molar-refractivity contribution in [2.24, 2.45) is 0 Å². The fraction of sp³-hybridized carbons (Fsp3) is 0.556. The Balaban J connectivity index is -0.000000101. The van der Waals surface area contributed by atoms with Gasteiger partial charge in [0.15, 0.2) is 0 Å². The summed E-state index contributed by atoms with van der Waals surface area (Å²) in [6.45, 7) is 2.22. The molecule has 0 nitrogen and oxygen atoms in total. The quantitative estimate of drug-likeness (QED) is 0.248. The minimum Gasteiger partial charge on any atom is -1.00 e.